The molecule has 248 valence electrons. The molecule has 0 aliphatic carbocycles. The van der Waals surface area contributed by atoms with Gasteiger partial charge in [-0.3, -0.25) is 4.79 Å². The fraction of sp³-hybridized carbons (Fsp3) is 0.550. The Bertz CT molecular complexity index is 868. The SMILES string of the molecule is CCCCC/C=C\C/C=C\CCCCCCCC(=O)O.CCCCCCCCC/C=C/C=C/C=C/C=C/C=C/C=C/C(=O)O. The van der Waals surface area contributed by atoms with Crippen molar-refractivity contribution in [1.82, 2.24) is 0 Å². The molecule has 0 rings (SSSR count). The van der Waals surface area contributed by atoms with Crippen LogP contribution in [0.2, 0.25) is 0 Å². The van der Waals surface area contributed by atoms with Gasteiger partial charge in [-0.05, 0) is 51.4 Å². The minimum atomic E-state index is -0.936. The van der Waals surface area contributed by atoms with Crippen molar-refractivity contribution in [1.29, 1.82) is 0 Å². The highest BCUT2D eigenvalue weighted by Gasteiger charge is 1.95. The van der Waals surface area contributed by atoms with Crippen LogP contribution < -0.4 is 0 Å². The summed E-state index contributed by atoms with van der Waals surface area (Å²) in [6, 6.07) is 0. The summed E-state index contributed by atoms with van der Waals surface area (Å²) in [5.41, 5.74) is 0. The summed E-state index contributed by atoms with van der Waals surface area (Å²) in [7, 11) is 0. The first kappa shape index (κ1) is 43.0. The number of carboxylic acids is 2. The van der Waals surface area contributed by atoms with Gasteiger partial charge in [-0.2, -0.15) is 0 Å². The van der Waals surface area contributed by atoms with E-state index in [0.29, 0.717) is 6.42 Å². The standard InChI is InChI=1S/C22H32O2.C18H32O2/c1-2-3-4-5-6-7-8-9-10-11-12-13-14-15-16-17-18-19-20-21-22(23)24;1-2-3-4-5-6-7-8-9-10-11-12-13-14-15-16-17-18(19)20/h10-21H,2-9H2,1H3,(H,23,24);6-7,9-10H,2-5,8,11-17H2,1H3,(H,19,20)/b11-10+,13-12+,15-14+,17-16+,19-18+,21-20+;7-6-,10-9-. The maximum Gasteiger partial charge on any atom is 0.328 e. The van der Waals surface area contributed by atoms with Crippen molar-refractivity contribution >= 4 is 11.9 Å². The van der Waals surface area contributed by atoms with Crippen molar-refractivity contribution in [2.45, 2.75) is 142 Å². The number of hydrogen-bond donors (Lipinski definition) is 2. The van der Waals surface area contributed by atoms with Gasteiger partial charge in [0, 0.05) is 12.5 Å². The van der Waals surface area contributed by atoms with Crippen LogP contribution in [0.4, 0.5) is 0 Å². The van der Waals surface area contributed by atoms with Crippen molar-refractivity contribution < 1.29 is 19.8 Å². The topological polar surface area (TPSA) is 74.6 Å². The minimum Gasteiger partial charge on any atom is -0.481 e. The zero-order valence-corrected chi connectivity index (χ0v) is 28.1. The van der Waals surface area contributed by atoms with Crippen LogP contribution in [0.25, 0.3) is 0 Å². The zero-order valence-electron chi connectivity index (χ0n) is 28.1. The molecular weight excluding hydrogens is 544 g/mol. The lowest BCUT2D eigenvalue weighted by Crippen LogP contribution is -1.93. The van der Waals surface area contributed by atoms with E-state index in [1.807, 2.05) is 36.5 Å². The second-order valence-electron chi connectivity index (χ2n) is 10.9. The number of carboxylic acid groups (broad SMARTS) is 2. The second kappa shape index (κ2) is 39.9. The predicted octanol–water partition coefficient (Wildman–Crippen LogP) is 12.4. The first-order valence-corrected chi connectivity index (χ1v) is 17.3. The van der Waals surface area contributed by atoms with Gasteiger partial charge in [-0.15, -0.1) is 0 Å². The third-order valence-corrected chi connectivity index (χ3v) is 6.69. The van der Waals surface area contributed by atoms with Gasteiger partial charge in [-0.1, -0.05) is 176 Å². The smallest absolute Gasteiger partial charge is 0.328 e. The molecule has 0 fully saturated rings. The summed E-state index contributed by atoms with van der Waals surface area (Å²) < 4.78 is 0. The van der Waals surface area contributed by atoms with Crippen LogP contribution in [0.3, 0.4) is 0 Å². The zero-order chi connectivity index (χ0) is 32.6. The number of allylic oxidation sites excluding steroid dienone is 15. The van der Waals surface area contributed by atoms with E-state index in [1.54, 1.807) is 12.2 Å². The Hall–Kier alpha value is -3.14. The third-order valence-electron chi connectivity index (χ3n) is 6.69. The molecule has 0 spiro atoms. The van der Waals surface area contributed by atoms with Gasteiger partial charge in [0.2, 0.25) is 0 Å². The number of rotatable bonds is 28. The number of hydrogen-bond acceptors (Lipinski definition) is 2. The Morgan fingerprint density at radius 2 is 0.818 bits per heavy atom. The van der Waals surface area contributed by atoms with Crippen LogP contribution in [0.15, 0.2) is 97.2 Å². The fourth-order valence-corrected chi connectivity index (χ4v) is 4.13. The first-order valence-electron chi connectivity index (χ1n) is 17.3. The second-order valence-corrected chi connectivity index (χ2v) is 10.9. The highest BCUT2D eigenvalue weighted by Crippen LogP contribution is 2.09. The van der Waals surface area contributed by atoms with Crippen molar-refractivity contribution in [2.24, 2.45) is 0 Å². The van der Waals surface area contributed by atoms with Gasteiger partial charge in [0.15, 0.2) is 0 Å². The van der Waals surface area contributed by atoms with Crippen LogP contribution in [-0.4, -0.2) is 22.2 Å². The molecule has 0 aliphatic heterocycles. The van der Waals surface area contributed by atoms with Gasteiger partial charge in [0.05, 0.1) is 0 Å². The van der Waals surface area contributed by atoms with Crippen molar-refractivity contribution in [3.8, 4) is 0 Å². The van der Waals surface area contributed by atoms with Crippen LogP contribution in [0.1, 0.15) is 142 Å². The molecular formula is C40H64O4. The Morgan fingerprint density at radius 1 is 0.432 bits per heavy atom. The summed E-state index contributed by atoms with van der Waals surface area (Å²) in [4.78, 5) is 20.5. The normalized spacial score (nSPS) is 12.4. The minimum absolute atomic E-state index is 0.324. The number of carbonyl (C=O) groups is 2. The van der Waals surface area contributed by atoms with E-state index in [-0.39, 0.29) is 0 Å². The number of unbranched alkanes of at least 4 members (excludes halogenated alkanes) is 15. The lowest BCUT2D eigenvalue weighted by atomic mass is 10.1. The highest BCUT2D eigenvalue weighted by molar-refractivity contribution is 5.80. The van der Waals surface area contributed by atoms with E-state index in [0.717, 1.165) is 38.2 Å². The van der Waals surface area contributed by atoms with Gasteiger partial charge in [0.25, 0.3) is 0 Å². The molecule has 4 nitrogen and oxygen atoms in total. The molecule has 0 aliphatic rings. The van der Waals surface area contributed by atoms with Crippen molar-refractivity contribution in [3.05, 3.63) is 97.2 Å². The molecule has 4 heteroatoms. The Morgan fingerprint density at radius 3 is 1.32 bits per heavy atom. The van der Waals surface area contributed by atoms with Crippen LogP contribution in [0.5, 0.6) is 0 Å². The molecule has 0 atom stereocenters. The maximum atomic E-state index is 10.3. The molecule has 0 aromatic carbocycles. The third kappa shape index (κ3) is 45.8. The monoisotopic (exact) mass is 608 g/mol. The molecule has 0 aromatic rings. The van der Waals surface area contributed by atoms with E-state index in [1.165, 1.54) is 96.0 Å². The lowest BCUT2D eigenvalue weighted by molar-refractivity contribution is -0.137. The van der Waals surface area contributed by atoms with Crippen molar-refractivity contribution in [3.63, 3.8) is 0 Å². The molecule has 0 unspecified atom stereocenters. The van der Waals surface area contributed by atoms with E-state index in [9.17, 15) is 9.59 Å². The first-order chi connectivity index (χ1) is 21.5. The van der Waals surface area contributed by atoms with E-state index in [2.05, 4.69) is 50.3 Å². The Balaban J connectivity index is 0. The molecule has 44 heavy (non-hydrogen) atoms. The molecule has 0 radical (unpaired) electrons. The Kier molecular flexibility index (Phi) is 38.9. The molecule has 0 aromatic heterocycles. The van der Waals surface area contributed by atoms with Crippen LogP contribution in [0, 0.1) is 0 Å². The van der Waals surface area contributed by atoms with Gasteiger partial charge < -0.3 is 10.2 Å². The largest absolute Gasteiger partial charge is 0.481 e. The predicted molar refractivity (Wildman–Crippen MR) is 192 cm³/mol. The van der Waals surface area contributed by atoms with Gasteiger partial charge in [-0.25, -0.2) is 4.79 Å². The van der Waals surface area contributed by atoms with E-state index >= 15 is 0 Å². The van der Waals surface area contributed by atoms with Crippen LogP contribution in [-0.2, 0) is 9.59 Å². The molecule has 2 N–H and O–H groups in total. The molecule has 0 amide bonds. The van der Waals surface area contributed by atoms with Gasteiger partial charge in [0.1, 0.15) is 0 Å². The van der Waals surface area contributed by atoms with Crippen molar-refractivity contribution in [2.75, 3.05) is 0 Å². The molecule has 0 heterocycles. The summed E-state index contributed by atoms with van der Waals surface area (Å²) in [6.45, 7) is 4.49. The highest BCUT2D eigenvalue weighted by atomic mass is 16.4. The molecule has 0 bridgehead atoms. The molecule has 0 saturated heterocycles. The average Bonchev–Trinajstić information content (AvgIpc) is 3.00. The molecule has 0 saturated carbocycles. The van der Waals surface area contributed by atoms with Gasteiger partial charge >= 0.3 is 11.9 Å². The lowest BCUT2D eigenvalue weighted by Gasteiger charge is -1.98. The summed E-state index contributed by atoms with van der Waals surface area (Å²) in [5, 5.41) is 16.9. The average molecular weight is 609 g/mol. The maximum absolute atomic E-state index is 10.3. The van der Waals surface area contributed by atoms with E-state index < -0.39 is 11.9 Å². The van der Waals surface area contributed by atoms with Crippen LogP contribution >= 0.6 is 0 Å². The quantitative estimate of drug-likeness (QED) is 0.0401. The summed E-state index contributed by atoms with van der Waals surface area (Å²) >= 11 is 0. The summed E-state index contributed by atoms with van der Waals surface area (Å²) in [6.07, 6.45) is 55.0. The van der Waals surface area contributed by atoms with E-state index in [4.69, 9.17) is 10.2 Å². The number of aliphatic carboxylic acids is 2. The fourth-order valence-electron chi connectivity index (χ4n) is 4.13. The Labute approximate surface area is 270 Å². The summed E-state index contributed by atoms with van der Waals surface area (Å²) in [5.74, 6) is -1.61.